The summed E-state index contributed by atoms with van der Waals surface area (Å²) >= 11 is 0. The van der Waals surface area contributed by atoms with Crippen LogP contribution in [0.25, 0.3) is 10.9 Å². The van der Waals surface area contributed by atoms with Crippen LogP contribution >= 0.6 is 0 Å². The highest BCUT2D eigenvalue weighted by Crippen LogP contribution is 2.26. The van der Waals surface area contributed by atoms with E-state index >= 15 is 0 Å². The Balaban J connectivity index is 1.52. The largest absolute Gasteiger partial charge is 0.360 e. The Morgan fingerprint density at radius 3 is 2.48 bits per heavy atom. The van der Waals surface area contributed by atoms with Gasteiger partial charge in [0.15, 0.2) is 5.76 Å². The predicted molar refractivity (Wildman–Crippen MR) is 107 cm³/mol. The lowest BCUT2D eigenvalue weighted by atomic mass is 10.2. The molecule has 1 saturated heterocycles. The molecule has 29 heavy (non-hydrogen) atoms. The van der Waals surface area contributed by atoms with Crippen LogP contribution in [0.2, 0.25) is 0 Å². The number of nitrogens with one attached hydrogen (secondary N) is 1. The molecule has 1 fully saturated rings. The normalized spacial score (nSPS) is 17.6. The number of rotatable bonds is 4. The summed E-state index contributed by atoms with van der Waals surface area (Å²) in [6.45, 7) is 6.94. The Labute approximate surface area is 168 Å². The number of H-pyrrole nitrogens is 1. The summed E-state index contributed by atoms with van der Waals surface area (Å²) in [6, 6.07) is 7.07. The minimum absolute atomic E-state index is 0.142. The first-order chi connectivity index (χ1) is 13.8. The summed E-state index contributed by atoms with van der Waals surface area (Å²) in [5.41, 5.74) is 0.853. The molecule has 0 radical (unpaired) electrons. The molecule has 0 bridgehead atoms. The van der Waals surface area contributed by atoms with E-state index in [-0.39, 0.29) is 16.5 Å². The van der Waals surface area contributed by atoms with Gasteiger partial charge in [-0.3, -0.25) is 9.69 Å². The molecule has 9 nitrogen and oxygen atoms in total. The molecule has 1 aliphatic heterocycles. The van der Waals surface area contributed by atoms with Gasteiger partial charge in [0.25, 0.3) is 5.56 Å². The lowest BCUT2D eigenvalue weighted by Crippen LogP contribution is -2.49. The average molecular weight is 417 g/mol. The maximum absolute atomic E-state index is 13.0. The van der Waals surface area contributed by atoms with Crippen molar-refractivity contribution in [2.24, 2.45) is 0 Å². The van der Waals surface area contributed by atoms with Crippen molar-refractivity contribution < 1.29 is 12.9 Å². The number of nitrogens with zero attached hydrogens (tertiary/aromatic N) is 4. The van der Waals surface area contributed by atoms with Crippen LogP contribution in [0.4, 0.5) is 0 Å². The van der Waals surface area contributed by atoms with E-state index in [1.807, 2.05) is 19.1 Å². The van der Waals surface area contributed by atoms with Gasteiger partial charge < -0.3 is 9.51 Å². The minimum Gasteiger partial charge on any atom is -0.360 e. The molecule has 1 atom stereocenters. The molecule has 1 aliphatic rings. The van der Waals surface area contributed by atoms with Crippen LogP contribution in [0, 0.1) is 13.8 Å². The number of sulfonamides is 1. The number of hydrogen-bond donors (Lipinski definition) is 1. The minimum atomic E-state index is -3.65. The molecule has 1 N–H and O–H groups in total. The Kier molecular flexibility index (Phi) is 5.01. The third-order valence-corrected chi connectivity index (χ3v) is 7.56. The smallest absolute Gasteiger partial charge is 0.258 e. The highest BCUT2D eigenvalue weighted by molar-refractivity contribution is 7.89. The van der Waals surface area contributed by atoms with Crippen molar-refractivity contribution in [3.05, 3.63) is 51.9 Å². The van der Waals surface area contributed by atoms with E-state index < -0.39 is 10.0 Å². The van der Waals surface area contributed by atoms with Crippen molar-refractivity contribution in [3.63, 3.8) is 0 Å². The molecule has 3 aromatic rings. The second-order valence-electron chi connectivity index (χ2n) is 7.24. The summed E-state index contributed by atoms with van der Waals surface area (Å²) < 4.78 is 32.4. The monoisotopic (exact) mass is 417 g/mol. The van der Waals surface area contributed by atoms with Crippen LogP contribution in [0.3, 0.4) is 0 Å². The van der Waals surface area contributed by atoms with Gasteiger partial charge in [0, 0.05) is 26.2 Å². The first kappa shape index (κ1) is 19.7. The number of piperazine rings is 1. The van der Waals surface area contributed by atoms with Gasteiger partial charge in [-0.25, -0.2) is 13.4 Å². The number of benzene rings is 1. The lowest BCUT2D eigenvalue weighted by Gasteiger charge is -2.36. The van der Waals surface area contributed by atoms with E-state index in [1.54, 1.807) is 26.0 Å². The number of para-hydroxylation sites is 1. The first-order valence-corrected chi connectivity index (χ1v) is 10.9. The van der Waals surface area contributed by atoms with Gasteiger partial charge in [-0.15, -0.1) is 0 Å². The standard InChI is InChI=1S/C19H23N5O4S/c1-12-17(14(3)28-22-12)29(26,27)24-10-8-23(9-11-24)13(2)18-20-16-7-5-4-6-15(16)19(25)21-18/h4-7,13H,8-11H2,1-3H3,(H,20,21,25). The van der Waals surface area contributed by atoms with Crippen LogP contribution in [-0.4, -0.2) is 58.9 Å². The van der Waals surface area contributed by atoms with Gasteiger partial charge in [0.05, 0.1) is 16.9 Å². The summed E-state index contributed by atoms with van der Waals surface area (Å²) in [5.74, 6) is 0.881. The van der Waals surface area contributed by atoms with Gasteiger partial charge in [0.1, 0.15) is 16.4 Å². The molecule has 10 heteroatoms. The highest BCUT2D eigenvalue weighted by atomic mass is 32.2. The molecule has 0 spiro atoms. The fourth-order valence-corrected chi connectivity index (χ4v) is 5.49. The summed E-state index contributed by atoms with van der Waals surface area (Å²) in [7, 11) is -3.65. The molecular weight excluding hydrogens is 394 g/mol. The van der Waals surface area contributed by atoms with Crippen LogP contribution in [0.15, 0.2) is 38.5 Å². The third kappa shape index (κ3) is 3.47. The Bertz CT molecular complexity index is 1190. The molecule has 154 valence electrons. The molecule has 4 rings (SSSR count). The SMILES string of the molecule is Cc1noc(C)c1S(=O)(=O)N1CCN(C(C)c2nc3ccccc3c(=O)[nH]2)CC1. The zero-order valence-electron chi connectivity index (χ0n) is 16.5. The molecule has 2 aromatic heterocycles. The van der Waals surface area contributed by atoms with Gasteiger partial charge in [-0.1, -0.05) is 17.3 Å². The van der Waals surface area contributed by atoms with Gasteiger partial charge in [-0.2, -0.15) is 4.31 Å². The van der Waals surface area contributed by atoms with E-state index in [9.17, 15) is 13.2 Å². The van der Waals surface area contributed by atoms with Crippen molar-refractivity contribution in [1.29, 1.82) is 0 Å². The topological polar surface area (TPSA) is 112 Å². The lowest BCUT2D eigenvalue weighted by molar-refractivity contribution is 0.141. The molecule has 0 amide bonds. The number of aromatic amines is 1. The number of hydrogen-bond acceptors (Lipinski definition) is 7. The van der Waals surface area contributed by atoms with E-state index in [4.69, 9.17) is 4.52 Å². The Hall–Kier alpha value is -2.56. The first-order valence-electron chi connectivity index (χ1n) is 9.45. The second-order valence-corrected chi connectivity index (χ2v) is 9.11. The summed E-state index contributed by atoms with van der Waals surface area (Å²) in [5, 5.41) is 4.31. The van der Waals surface area contributed by atoms with Crippen molar-refractivity contribution in [1.82, 2.24) is 24.3 Å². The van der Waals surface area contributed by atoms with Crippen LogP contribution in [0.5, 0.6) is 0 Å². The number of aromatic nitrogens is 3. The molecule has 1 unspecified atom stereocenters. The average Bonchev–Trinajstić information content (AvgIpc) is 3.06. The van der Waals surface area contributed by atoms with Crippen LogP contribution in [-0.2, 0) is 10.0 Å². The quantitative estimate of drug-likeness (QED) is 0.686. The Morgan fingerprint density at radius 1 is 1.14 bits per heavy atom. The molecule has 3 heterocycles. The van der Waals surface area contributed by atoms with Crippen molar-refractivity contribution in [3.8, 4) is 0 Å². The second kappa shape index (κ2) is 7.36. The fraction of sp³-hybridized carbons (Fsp3) is 0.421. The number of fused-ring (bicyclic) bond motifs is 1. The predicted octanol–water partition coefficient (Wildman–Crippen LogP) is 1.60. The molecular formula is C19H23N5O4S. The Morgan fingerprint density at radius 2 is 1.83 bits per heavy atom. The molecule has 1 aromatic carbocycles. The van der Waals surface area contributed by atoms with Gasteiger partial charge in [-0.05, 0) is 32.9 Å². The van der Waals surface area contributed by atoms with Crippen LogP contribution < -0.4 is 5.56 Å². The van der Waals surface area contributed by atoms with E-state index in [0.29, 0.717) is 54.4 Å². The molecule has 0 saturated carbocycles. The summed E-state index contributed by atoms with van der Waals surface area (Å²) in [6.07, 6.45) is 0. The third-order valence-electron chi connectivity index (χ3n) is 5.41. The number of aryl methyl sites for hydroxylation is 2. The van der Waals surface area contributed by atoms with Gasteiger partial charge >= 0.3 is 0 Å². The van der Waals surface area contributed by atoms with Crippen molar-refractivity contribution in [2.75, 3.05) is 26.2 Å². The van der Waals surface area contributed by atoms with Crippen molar-refractivity contribution >= 4 is 20.9 Å². The highest BCUT2D eigenvalue weighted by Gasteiger charge is 2.34. The maximum atomic E-state index is 13.0. The van der Waals surface area contributed by atoms with Crippen LogP contribution in [0.1, 0.15) is 30.2 Å². The van der Waals surface area contributed by atoms with E-state index in [1.165, 1.54) is 4.31 Å². The molecule has 0 aliphatic carbocycles. The van der Waals surface area contributed by atoms with E-state index in [2.05, 4.69) is 20.0 Å². The fourth-order valence-electron chi connectivity index (χ4n) is 3.78. The van der Waals surface area contributed by atoms with Gasteiger partial charge in [0.2, 0.25) is 10.0 Å². The van der Waals surface area contributed by atoms with E-state index in [0.717, 1.165) is 0 Å². The summed E-state index contributed by atoms with van der Waals surface area (Å²) in [4.78, 5) is 22.1. The maximum Gasteiger partial charge on any atom is 0.258 e. The zero-order valence-corrected chi connectivity index (χ0v) is 17.4. The zero-order chi connectivity index (χ0) is 20.8. The van der Waals surface area contributed by atoms with Crippen molar-refractivity contribution in [2.45, 2.75) is 31.7 Å².